The van der Waals surface area contributed by atoms with Crippen molar-refractivity contribution >= 4 is 5.97 Å². The number of carbonyl (C=O) groups excluding carboxylic acids is 1. The molecule has 2 saturated carbocycles. The van der Waals surface area contributed by atoms with Crippen LogP contribution in [0.1, 0.15) is 39.5 Å². The van der Waals surface area contributed by atoms with Crippen LogP contribution in [0.3, 0.4) is 0 Å². The van der Waals surface area contributed by atoms with E-state index in [9.17, 15) is 4.79 Å². The summed E-state index contributed by atoms with van der Waals surface area (Å²) in [7, 11) is 1.65. The molecule has 0 spiro atoms. The Kier molecular flexibility index (Phi) is 2.69. The van der Waals surface area contributed by atoms with Crippen molar-refractivity contribution in [1.82, 2.24) is 0 Å². The zero-order valence-electron chi connectivity index (χ0n) is 12.0. The van der Waals surface area contributed by atoms with Crippen molar-refractivity contribution in [2.24, 2.45) is 17.3 Å². The van der Waals surface area contributed by atoms with Gasteiger partial charge in [0, 0.05) is 24.7 Å². The van der Waals surface area contributed by atoms with E-state index in [1.165, 1.54) is 5.57 Å². The maximum absolute atomic E-state index is 11.7. The van der Waals surface area contributed by atoms with Crippen LogP contribution in [0.15, 0.2) is 23.8 Å². The monoisotopic (exact) mass is 262 g/mol. The summed E-state index contributed by atoms with van der Waals surface area (Å²) in [5.74, 6) is -0.360. The van der Waals surface area contributed by atoms with Crippen molar-refractivity contribution in [3.8, 4) is 0 Å². The predicted octanol–water partition coefficient (Wildman–Crippen LogP) is 3.21. The summed E-state index contributed by atoms with van der Waals surface area (Å²) in [4.78, 5) is 11.7. The van der Waals surface area contributed by atoms with Gasteiger partial charge in [-0.15, -0.1) is 0 Å². The normalized spacial score (nSPS) is 45.3. The van der Waals surface area contributed by atoms with Crippen LogP contribution in [0, 0.1) is 17.3 Å². The van der Waals surface area contributed by atoms with Crippen LogP contribution in [-0.2, 0) is 14.3 Å². The summed E-state index contributed by atoms with van der Waals surface area (Å²) in [5, 5.41) is 0. The first-order valence-corrected chi connectivity index (χ1v) is 7.08. The standard InChI is InChI=1S/C16H22O3/c1-10-7-13-9-15(3,11(10)2)6-5-12-8-14(17)19-16(12,13)18-4/h8,11,13H,1,5-7,9H2,2-4H3/t11-,13+,15+,16-/m0/s1. The third kappa shape index (κ3) is 1.64. The first kappa shape index (κ1) is 12.9. The molecule has 0 aromatic heterocycles. The first-order chi connectivity index (χ1) is 8.91. The highest BCUT2D eigenvalue weighted by atomic mass is 16.7. The molecule has 0 saturated heterocycles. The molecular formula is C16H22O3. The van der Waals surface area contributed by atoms with E-state index in [4.69, 9.17) is 9.47 Å². The van der Waals surface area contributed by atoms with E-state index >= 15 is 0 Å². The van der Waals surface area contributed by atoms with E-state index < -0.39 is 5.79 Å². The van der Waals surface area contributed by atoms with E-state index in [1.54, 1.807) is 13.2 Å². The highest BCUT2D eigenvalue weighted by Gasteiger charge is 2.57. The molecule has 0 unspecified atom stereocenters. The highest BCUT2D eigenvalue weighted by molar-refractivity contribution is 5.86. The maximum atomic E-state index is 11.7. The molecule has 0 amide bonds. The lowest BCUT2D eigenvalue weighted by molar-refractivity contribution is -0.218. The number of esters is 1. The fourth-order valence-corrected chi connectivity index (χ4v) is 4.22. The molecule has 0 N–H and O–H groups in total. The smallest absolute Gasteiger partial charge is 0.333 e. The molecule has 3 aliphatic rings. The van der Waals surface area contributed by atoms with Gasteiger partial charge in [0.1, 0.15) is 0 Å². The molecule has 3 nitrogen and oxygen atoms in total. The largest absolute Gasteiger partial charge is 0.425 e. The molecule has 0 aromatic rings. The second-order valence-corrected chi connectivity index (χ2v) is 6.60. The number of carbonyl (C=O) groups is 1. The second-order valence-electron chi connectivity index (χ2n) is 6.60. The van der Waals surface area contributed by atoms with Crippen LogP contribution < -0.4 is 0 Å². The van der Waals surface area contributed by atoms with E-state index in [1.807, 2.05) is 0 Å². The second kappa shape index (κ2) is 3.95. The van der Waals surface area contributed by atoms with E-state index in [0.29, 0.717) is 5.92 Å². The number of rotatable bonds is 1. The van der Waals surface area contributed by atoms with Crippen LogP contribution in [0.25, 0.3) is 0 Å². The predicted molar refractivity (Wildman–Crippen MR) is 72.3 cm³/mol. The van der Waals surface area contributed by atoms with Gasteiger partial charge in [-0.2, -0.15) is 0 Å². The van der Waals surface area contributed by atoms with Crippen molar-refractivity contribution < 1.29 is 14.3 Å². The number of ether oxygens (including phenoxy) is 2. The number of fused-ring (bicyclic) bond motifs is 4. The van der Waals surface area contributed by atoms with Gasteiger partial charge in [-0.3, -0.25) is 0 Å². The van der Waals surface area contributed by atoms with Crippen LogP contribution >= 0.6 is 0 Å². The molecule has 2 aliphatic carbocycles. The summed E-state index contributed by atoms with van der Waals surface area (Å²) >= 11 is 0. The molecule has 19 heavy (non-hydrogen) atoms. The van der Waals surface area contributed by atoms with Crippen molar-refractivity contribution in [1.29, 1.82) is 0 Å². The summed E-state index contributed by atoms with van der Waals surface area (Å²) in [6.07, 6.45) is 5.50. The lowest BCUT2D eigenvalue weighted by Crippen LogP contribution is -2.46. The fraction of sp³-hybridized carbons (Fsp3) is 0.688. The van der Waals surface area contributed by atoms with Gasteiger partial charge in [0.2, 0.25) is 5.79 Å². The molecule has 0 aromatic carbocycles. The van der Waals surface area contributed by atoms with Crippen LogP contribution in [0.2, 0.25) is 0 Å². The zero-order valence-corrected chi connectivity index (χ0v) is 12.0. The minimum absolute atomic E-state index is 0.200. The topological polar surface area (TPSA) is 35.5 Å². The molecule has 0 radical (unpaired) electrons. The zero-order chi connectivity index (χ0) is 13.8. The SMILES string of the molecule is C=C1C[C@@H]2C[C@@](C)(CCC3=CC(=O)O[C@@]32OC)[C@H]1C. The molecule has 1 heterocycles. The third-order valence-electron chi connectivity index (χ3n) is 5.68. The molecule has 104 valence electrons. The van der Waals surface area contributed by atoms with E-state index in [2.05, 4.69) is 20.4 Å². The molecule has 2 bridgehead atoms. The number of allylic oxidation sites excluding steroid dienone is 1. The molecule has 4 atom stereocenters. The lowest BCUT2D eigenvalue weighted by atomic mass is 9.61. The van der Waals surface area contributed by atoms with Crippen molar-refractivity contribution in [3.05, 3.63) is 23.8 Å². The molecule has 1 aliphatic heterocycles. The van der Waals surface area contributed by atoms with Crippen molar-refractivity contribution in [3.63, 3.8) is 0 Å². The molecule has 3 heteroatoms. The van der Waals surface area contributed by atoms with Gasteiger partial charge in [0.05, 0.1) is 0 Å². The van der Waals surface area contributed by atoms with Gasteiger partial charge in [0.25, 0.3) is 0 Å². The average Bonchev–Trinajstić information content (AvgIpc) is 2.66. The van der Waals surface area contributed by atoms with Gasteiger partial charge >= 0.3 is 5.97 Å². The fourth-order valence-electron chi connectivity index (χ4n) is 4.22. The molecule has 3 rings (SSSR count). The Balaban J connectivity index is 2.07. The molecular weight excluding hydrogens is 240 g/mol. The Morgan fingerprint density at radius 2 is 2.26 bits per heavy atom. The van der Waals surface area contributed by atoms with E-state index in [0.717, 1.165) is 31.3 Å². The van der Waals surface area contributed by atoms with Crippen molar-refractivity contribution in [2.75, 3.05) is 7.11 Å². The maximum Gasteiger partial charge on any atom is 0.333 e. The quantitative estimate of drug-likeness (QED) is 0.537. The minimum atomic E-state index is -0.822. The lowest BCUT2D eigenvalue weighted by Gasteiger charge is -2.46. The Bertz CT molecular complexity index is 478. The van der Waals surface area contributed by atoms with Crippen LogP contribution in [0.5, 0.6) is 0 Å². The summed E-state index contributed by atoms with van der Waals surface area (Å²) in [5.41, 5.74) is 2.53. The van der Waals surface area contributed by atoms with Gasteiger partial charge in [-0.25, -0.2) is 4.79 Å². The number of methoxy groups -OCH3 is 1. The highest BCUT2D eigenvalue weighted by Crippen LogP contribution is 2.58. The van der Waals surface area contributed by atoms with E-state index in [-0.39, 0.29) is 17.3 Å². The number of hydrogen-bond acceptors (Lipinski definition) is 3. The summed E-state index contributed by atoms with van der Waals surface area (Å²) < 4.78 is 11.3. The summed E-state index contributed by atoms with van der Waals surface area (Å²) in [6, 6.07) is 0. The first-order valence-electron chi connectivity index (χ1n) is 7.08. The third-order valence-corrected chi connectivity index (χ3v) is 5.68. The Hall–Kier alpha value is -1.09. The summed E-state index contributed by atoms with van der Waals surface area (Å²) in [6.45, 7) is 8.86. The van der Waals surface area contributed by atoms with Gasteiger partial charge in [0.15, 0.2) is 0 Å². The van der Waals surface area contributed by atoms with Gasteiger partial charge in [-0.05, 0) is 37.0 Å². The Morgan fingerprint density at radius 3 is 2.95 bits per heavy atom. The average molecular weight is 262 g/mol. The van der Waals surface area contributed by atoms with Gasteiger partial charge in [-0.1, -0.05) is 26.0 Å². The minimum Gasteiger partial charge on any atom is -0.425 e. The molecule has 2 fully saturated rings. The number of hydrogen-bond donors (Lipinski definition) is 0. The Labute approximate surface area is 114 Å². The van der Waals surface area contributed by atoms with Crippen LogP contribution in [0.4, 0.5) is 0 Å². The van der Waals surface area contributed by atoms with Crippen LogP contribution in [-0.4, -0.2) is 18.9 Å². The van der Waals surface area contributed by atoms with Gasteiger partial charge < -0.3 is 9.47 Å². The van der Waals surface area contributed by atoms with Crippen molar-refractivity contribution in [2.45, 2.75) is 45.3 Å². The Morgan fingerprint density at radius 1 is 1.53 bits per heavy atom.